The Morgan fingerprint density at radius 2 is 1.75 bits per heavy atom. The van der Waals surface area contributed by atoms with E-state index in [1.54, 1.807) is 24.3 Å². The van der Waals surface area contributed by atoms with Crippen molar-refractivity contribution in [1.29, 1.82) is 0 Å². The van der Waals surface area contributed by atoms with E-state index in [1.807, 2.05) is 0 Å². The van der Waals surface area contributed by atoms with E-state index in [4.69, 9.17) is 14.2 Å². The number of carbonyl (C=O) groups excluding carboxylic acids is 3. The molecule has 0 saturated carbocycles. The lowest BCUT2D eigenvalue weighted by atomic mass is 10.2. The maximum absolute atomic E-state index is 13.6. The van der Waals surface area contributed by atoms with E-state index < -0.39 is 30.2 Å². The Bertz CT molecular complexity index is 909. The summed E-state index contributed by atoms with van der Waals surface area (Å²) < 4.78 is 28.2. The second kappa shape index (κ2) is 9.86. The van der Waals surface area contributed by atoms with Crippen molar-refractivity contribution in [2.45, 2.75) is 0 Å². The molecule has 0 aliphatic heterocycles. The van der Waals surface area contributed by atoms with Gasteiger partial charge in [0.2, 0.25) is 0 Å². The molecule has 1 N–H and O–H groups in total. The van der Waals surface area contributed by atoms with Gasteiger partial charge in [0.1, 0.15) is 5.75 Å². The normalized spacial score (nSPS) is 10.4. The first kappa shape index (κ1) is 20.6. The first-order valence-electron chi connectivity index (χ1n) is 8.10. The molecule has 8 heteroatoms. The lowest BCUT2D eigenvalue weighted by Gasteiger charge is -2.08. The predicted octanol–water partition coefficient (Wildman–Crippen LogP) is 2.36. The van der Waals surface area contributed by atoms with Gasteiger partial charge in [-0.25, -0.2) is 9.18 Å². The second-order valence-electron chi connectivity index (χ2n) is 5.41. The summed E-state index contributed by atoms with van der Waals surface area (Å²) in [7, 11) is 2.74. The molecule has 0 fully saturated rings. The number of amides is 2. The van der Waals surface area contributed by atoms with Crippen LogP contribution in [0.2, 0.25) is 0 Å². The lowest BCUT2D eigenvalue weighted by molar-refractivity contribution is -0.143. The summed E-state index contributed by atoms with van der Waals surface area (Å²) in [5.41, 5.74) is 0.581. The molecular weight excluding hydrogens is 369 g/mol. The van der Waals surface area contributed by atoms with Crippen LogP contribution in [0.25, 0.3) is 6.08 Å². The maximum atomic E-state index is 13.6. The van der Waals surface area contributed by atoms with Gasteiger partial charge in [0.25, 0.3) is 11.8 Å². The summed E-state index contributed by atoms with van der Waals surface area (Å²) in [6.07, 6.45) is 2.36. The third-order valence-electron chi connectivity index (χ3n) is 3.54. The van der Waals surface area contributed by atoms with Gasteiger partial charge in [0.15, 0.2) is 18.2 Å². The van der Waals surface area contributed by atoms with E-state index in [2.05, 4.69) is 5.32 Å². The first-order chi connectivity index (χ1) is 13.4. The Labute approximate surface area is 160 Å². The van der Waals surface area contributed by atoms with Crippen molar-refractivity contribution in [2.75, 3.05) is 20.8 Å². The van der Waals surface area contributed by atoms with Crippen LogP contribution in [0.1, 0.15) is 15.9 Å². The van der Waals surface area contributed by atoms with Crippen molar-refractivity contribution in [2.24, 2.45) is 0 Å². The summed E-state index contributed by atoms with van der Waals surface area (Å²) in [6.45, 7) is -0.652. The number of nitrogens with one attached hydrogen (secondary N) is 1. The van der Waals surface area contributed by atoms with Crippen molar-refractivity contribution in [3.8, 4) is 11.5 Å². The van der Waals surface area contributed by atoms with Crippen molar-refractivity contribution in [3.05, 3.63) is 65.5 Å². The first-order valence-corrected chi connectivity index (χ1v) is 8.10. The zero-order valence-corrected chi connectivity index (χ0v) is 15.2. The van der Waals surface area contributed by atoms with Crippen molar-refractivity contribution in [1.82, 2.24) is 5.32 Å². The molecule has 2 aromatic carbocycles. The highest BCUT2D eigenvalue weighted by Gasteiger charge is 2.15. The second-order valence-corrected chi connectivity index (χ2v) is 5.41. The summed E-state index contributed by atoms with van der Waals surface area (Å²) in [6, 6.07) is 10.5. The summed E-state index contributed by atoms with van der Waals surface area (Å²) in [5, 5.41) is 2.10. The number of ether oxygens (including phenoxy) is 3. The van der Waals surface area contributed by atoms with Crippen LogP contribution < -0.4 is 14.8 Å². The Kier molecular flexibility index (Phi) is 7.27. The number of hydrogen-bond donors (Lipinski definition) is 1. The van der Waals surface area contributed by atoms with E-state index in [-0.39, 0.29) is 11.3 Å². The molecule has 28 heavy (non-hydrogen) atoms. The van der Waals surface area contributed by atoms with Gasteiger partial charge in [-0.15, -0.1) is 0 Å². The summed E-state index contributed by atoms with van der Waals surface area (Å²) in [4.78, 5) is 35.5. The molecule has 146 valence electrons. The summed E-state index contributed by atoms with van der Waals surface area (Å²) >= 11 is 0. The number of hydrogen-bond acceptors (Lipinski definition) is 6. The van der Waals surface area contributed by atoms with Crippen LogP contribution >= 0.6 is 0 Å². The molecule has 0 heterocycles. The maximum Gasteiger partial charge on any atom is 0.331 e. The van der Waals surface area contributed by atoms with E-state index in [9.17, 15) is 18.8 Å². The molecule has 0 saturated heterocycles. The van der Waals surface area contributed by atoms with Gasteiger partial charge < -0.3 is 14.2 Å². The SMILES string of the molecule is COc1ccc(/C=C/C(=O)OCC(=O)NC(=O)c2ccccc2OC)cc1F. The Morgan fingerprint density at radius 3 is 2.43 bits per heavy atom. The number of para-hydroxylation sites is 1. The largest absolute Gasteiger partial charge is 0.496 e. The summed E-state index contributed by atoms with van der Waals surface area (Å²) in [5.74, 6) is -2.49. The van der Waals surface area contributed by atoms with E-state index in [0.717, 1.165) is 6.08 Å². The molecule has 0 atom stereocenters. The fourth-order valence-corrected chi connectivity index (χ4v) is 2.20. The van der Waals surface area contributed by atoms with Gasteiger partial charge in [-0.1, -0.05) is 18.2 Å². The number of imide groups is 1. The number of benzene rings is 2. The third-order valence-corrected chi connectivity index (χ3v) is 3.54. The van der Waals surface area contributed by atoms with Gasteiger partial charge in [0, 0.05) is 6.08 Å². The van der Waals surface area contributed by atoms with Gasteiger partial charge in [-0.2, -0.15) is 0 Å². The van der Waals surface area contributed by atoms with Gasteiger partial charge in [-0.05, 0) is 35.9 Å². The molecule has 7 nitrogen and oxygen atoms in total. The minimum Gasteiger partial charge on any atom is -0.496 e. The fraction of sp³-hybridized carbons (Fsp3) is 0.150. The van der Waals surface area contributed by atoms with Crippen LogP contribution in [0, 0.1) is 5.82 Å². The van der Waals surface area contributed by atoms with Gasteiger partial charge >= 0.3 is 5.97 Å². The van der Waals surface area contributed by atoms with Crippen molar-refractivity contribution in [3.63, 3.8) is 0 Å². The number of halogens is 1. The minimum atomic E-state index is -0.823. The Hall–Kier alpha value is -3.68. The van der Waals surface area contributed by atoms with E-state index >= 15 is 0 Å². The van der Waals surface area contributed by atoms with Crippen LogP contribution in [-0.4, -0.2) is 38.6 Å². The standard InChI is InChI=1S/C20H18FNO6/c1-26-16-6-4-3-5-14(16)20(25)22-18(23)12-28-19(24)10-8-13-7-9-17(27-2)15(21)11-13/h3-11H,12H2,1-2H3,(H,22,23,25)/b10-8+. The predicted molar refractivity (Wildman–Crippen MR) is 98.4 cm³/mol. The molecule has 0 aliphatic carbocycles. The minimum absolute atomic E-state index is 0.0797. The quantitative estimate of drug-likeness (QED) is 0.579. The van der Waals surface area contributed by atoms with E-state index in [1.165, 1.54) is 38.5 Å². The Balaban J connectivity index is 1.86. The average Bonchev–Trinajstić information content (AvgIpc) is 2.70. The van der Waals surface area contributed by atoms with Gasteiger partial charge in [0.05, 0.1) is 19.8 Å². The van der Waals surface area contributed by atoms with Gasteiger partial charge in [-0.3, -0.25) is 14.9 Å². The molecule has 2 rings (SSSR count). The smallest absolute Gasteiger partial charge is 0.331 e. The molecule has 0 bridgehead atoms. The van der Waals surface area contributed by atoms with E-state index in [0.29, 0.717) is 11.3 Å². The number of carbonyl (C=O) groups is 3. The van der Waals surface area contributed by atoms with Crippen LogP contribution in [0.3, 0.4) is 0 Å². The van der Waals surface area contributed by atoms with Crippen LogP contribution in [0.5, 0.6) is 11.5 Å². The molecular formula is C20H18FNO6. The van der Waals surface area contributed by atoms with Crippen molar-refractivity contribution >= 4 is 23.9 Å². The molecule has 0 spiro atoms. The lowest BCUT2D eigenvalue weighted by Crippen LogP contribution is -2.34. The molecule has 0 aliphatic rings. The molecule has 0 unspecified atom stereocenters. The zero-order chi connectivity index (χ0) is 20.5. The average molecular weight is 387 g/mol. The molecule has 2 amide bonds. The van der Waals surface area contributed by atoms with Crippen molar-refractivity contribution < 1.29 is 33.0 Å². The topological polar surface area (TPSA) is 90.9 Å². The Morgan fingerprint density at radius 1 is 1.04 bits per heavy atom. The van der Waals surface area contributed by atoms with Crippen LogP contribution in [0.4, 0.5) is 4.39 Å². The molecule has 0 aromatic heterocycles. The zero-order valence-electron chi connectivity index (χ0n) is 15.2. The van der Waals surface area contributed by atoms with Crippen LogP contribution in [-0.2, 0) is 14.3 Å². The van der Waals surface area contributed by atoms with Crippen LogP contribution in [0.15, 0.2) is 48.5 Å². The number of rotatable bonds is 7. The number of esters is 1. The highest BCUT2D eigenvalue weighted by molar-refractivity contribution is 6.06. The monoisotopic (exact) mass is 387 g/mol. The fourth-order valence-electron chi connectivity index (χ4n) is 2.20. The third kappa shape index (κ3) is 5.66. The molecule has 2 aromatic rings. The molecule has 0 radical (unpaired) electrons. The highest BCUT2D eigenvalue weighted by atomic mass is 19.1. The number of methoxy groups -OCH3 is 2. The highest BCUT2D eigenvalue weighted by Crippen LogP contribution is 2.18.